The number of fused-ring (bicyclic) bond motifs is 1. The number of rotatable bonds is 7. The maximum Gasteiger partial charge on any atom is 0.344 e. The number of esters is 1. The summed E-state index contributed by atoms with van der Waals surface area (Å²) in [6, 6.07) is 11.5. The lowest BCUT2D eigenvalue weighted by molar-refractivity contribution is -0.151. The molecular weight excluding hydrogens is 364 g/mol. The van der Waals surface area contributed by atoms with Gasteiger partial charge in [0.2, 0.25) is 0 Å². The van der Waals surface area contributed by atoms with Crippen LogP contribution < -0.4 is 15.0 Å². The highest BCUT2D eigenvalue weighted by Crippen LogP contribution is 2.27. The quantitative estimate of drug-likeness (QED) is 0.494. The first-order valence-corrected chi connectivity index (χ1v) is 8.46. The Bertz CT molecular complexity index is 1080. The summed E-state index contributed by atoms with van der Waals surface area (Å²) in [6.45, 7) is 1.23. The molecule has 0 bridgehead atoms. The zero-order valence-electron chi connectivity index (χ0n) is 15.3. The lowest BCUT2D eigenvalue weighted by Gasteiger charge is -2.14. The van der Waals surface area contributed by atoms with Crippen molar-refractivity contribution in [2.75, 3.05) is 13.7 Å². The highest BCUT2D eigenvalue weighted by Gasteiger charge is 2.17. The second-order valence-corrected chi connectivity index (χ2v) is 5.92. The number of H-pyrrole nitrogens is 1. The van der Waals surface area contributed by atoms with Gasteiger partial charge in [0.15, 0.2) is 30.0 Å². The summed E-state index contributed by atoms with van der Waals surface area (Å²) in [5.41, 5.74) is 0.631. The zero-order chi connectivity index (χ0) is 20.1. The van der Waals surface area contributed by atoms with Gasteiger partial charge >= 0.3 is 5.97 Å². The highest BCUT2D eigenvalue weighted by atomic mass is 16.6. The Morgan fingerprint density at radius 2 is 2.00 bits per heavy atom. The van der Waals surface area contributed by atoms with Gasteiger partial charge in [-0.3, -0.25) is 9.59 Å². The van der Waals surface area contributed by atoms with Crippen molar-refractivity contribution in [3.8, 4) is 11.5 Å². The molecule has 0 fully saturated rings. The third-order valence-electron chi connectivity index (χ3n) is 3.99. The van der Waals surface area contributed by atoms with Gasteiger partial charge in [-0.1, -0.05) is 12.1 Å². The van der Waals surface area contributed by atoms with Crippen molar-refractivity contribution in [2.45, 2.75) is 13.0 Å². The van der Waals surface area contributed by atoms with Crippen molar-refractivity contribution < 1.29 is 23.8 Å². The van der Waals surface area contributed by atoms with Gasteiger partial charge in [0.25, 0.3) is 5.56 Å². The van der Waals surface area contributed by atoms with Crippen LogP contribution in [0.15, 0.2) is 47.3 Å². The Hall–Kier alpha value is -3.68. The third kappa shape index (κ3) is 4.17. The molecule has 0 amide bonds. The first-order valence-electron chi connectivity index (χ1n) is 8.46. The Kier molecular flexibility index (Phi) is 5.69. The number of aromatic amines is 1. The second kappa shape index (κ2) is 8.34. The molecule has 0 aliphatic carbocycles. The molecule has 1 N–H and O–H groups in total. The number of hydrogen-bond acceptors (Lipinski definition) is 7. The van der Waals surface area contributed by atoms with E-state index in [2.05, 4.69) is 9.97 Å². The first kappa shape index (κ1) is 19.1. The number of nitrogens with zero attached hydrogens (tertiary/aromatic N) is 1. The van der Waals surface area contributed by atoms with Crippen LogP contribution in [0.4, 0.5) is 0 Å². The van der Waals surface area contributed by atoms with Crippen molar-refractivity contribution in [3.05, 3.63) is 64.2 Å². The molecule has 1 aromatic heterocycles. The number of hydrogen-bond donors (Lipinski definition) is 1. The van der Waals surface area contributed by atoms with Crippen LogP contribution in [-0.4, -0.2) is 35.9 Å². The summed E-state index contributed by atoms with van der Waals surface area (Å²) in [5, 5.41) is 0.457. The summed E-state index contributed by atoms with van der Waals surface area (Å²) >= 11 is 0. The minimum absolute atomic E-state index is 0.241. The average molecular weight is 382 g/mol. The number of carbonyl (C=O) groups is 2. The van der Waals surface area contributed by atoms with E-state index < -0.39 is 12.1 Å². The van der Waals surface area contributed by atoms with Crippen LogP contribution in [0.3, 0.4) is 0 Å². The molecule has 28 heavy (non-hydrogen) atoms. The highest BCUT2D eigenvalue weighted by molar-refractivity contribution is 5.77. The van der Waals surface area contributed by atoms with Crippen molar-refractivity contribution in [3.63, 3.8) is 0 Å². The minimum atomic E-state index is -0.771. The number of benzene rings is 2. The number of ether oxygens (including phenoxy) is 3. The summed E-state index contributed by atoms with van der Waals surface area (Å²) in [6.07, 6.45) is -0.0905. The molecule has 0 spiro atoms. The monoisotopic (exact) mass is 382 g/mol. The van der Waals surface area contributed by atoms with Gasteiger partial charge in [-0.05, 0) is 37.3 Å². The van der Waals surface area contributed by atoms with E-state index in [9.17, 15) is 14.4 Å². The molecule has 0 aliphatic rings. The van der Waals surface area contributed by atoms with E-state index >= 15 is 0 Å². The maximum atomic E-state index is 12.1. The molecule has 0 unspecified atom stereocenters. The van der Waals surface area contributed by atoms with Gasteiger partial charge < -0.3 is 19.2 Å². The van der Waals surface area contributed by atoms with E-state index in [-0.39, 0.29) is 18.0 Å². The molecule has 8 heteroatoms. The molecule has 0 aliphatic heterocycles. The topological polar surface area (TPSA) is 108 Å². The van der Waals surface area contributed by atoms with Gasteiger partial charge in [0.05, 0.1) is 18.0 Å². The van der Waals surface area contributed by atoms with Gasteiger partial charge in [-0.25, -0.2) is 9.78 Å². The fourth-order valence-corrected chi connectivity index (χ4v) is 2.60. The summed E-state index contributed by atoms with van der Waals surface area (Å²) in [7, 11) is 1.43. The lowest BCUT2D eigenvalue weighted by atomic mass is 10.2. The Morgan fingerprint density at radius 3 is 2.75 bits per heavy atom. The molecule has 0 saturated carbocycles. The summed E-state index contributed by atoms with van der Waals surface area (Å²) in [5.74, 6) is 0.218. The lowest BCUT2D eigenvalue weighted by Crippen LogP contribution is -2.20. The first-order chi connectivity index (χ1) is 13.5. The zero-order valence-corrected chi connectivity index (χ0v) is 15.3. The number of nitrogens with one attached hydrogen (secondary N) is 1. The fraction of sp³-hybridized carbons (Fsp3) is 0.200. The van der Waals surface area contributed by atoms with Crippen molar-refractivity contribution in [2.24, 2.45) is 0 Å². The molecule has 1 atom stereocenters. The number of aldehydes is 1. The molecular formula is C20H18N2O6. The number of carbonyl (C=O) groups excluding carboxylic acids is 2. The van der Waals surface area contributed by atoms with Gasteiger partial charge in [0, 0.05) is 5.56 Å². The molecule has 1 heterocycles. The van der Waals surface area contributed by atoms with Crippen LogP contribution in [0.2, 0.25) is 0 Å². The molecule has 0 saturated heterocycles. The van der Waals surface area contributed by atoms with E-state index in [1.807, 2.05) is 0 Å². The SMILES string of the molecule is COc1cc(C=O)ccc1OCC(=O)O[C@@H](C)c1nc2ccccc2c(=O)[nH]1. The van der Waals surface area contributed by atoms with Crippen molar-refractivity contribution in [1.82, 2.24) is 9.97 Å². The largest absolute Gasteiger partial charge is 0.493 e. The van der Waals surface area contributed by atoms with Crippen LogP contribution in [0.25, 0.3) is 10.9 Å². The molecule has 3 aromatic rings. The number of aromatic nitrogens is 2. The number of methoxy groups -OCH3 is 1. The van der Waals surface area contributed by atoms with Crippen LogP contribution in [0, 0.1) is 0 Å². The van der Waals surface area contributed by atoms with E-state index in [1.54, 1.807) is 37.3 Å². The Morgan fingerprint density at radius 1 is 1.21 bits per heavy atom. The maximum absolute atomic E-state index is 12.1. The molecule has 0 radical (unpaired) electrons. The molecule has 3 rings (SSSR count). The van der Waals surface area contributed by atoms with Crippen molar-refractivity contribution in [1.29, 1.82) is 0 Å². The fourth-order valence-electron chi connectivity index (χ4n) is 2.60. The standard InChI is InChI=1S/C20H18N2O6/c1-12(19-21-15-6-4-3-5-14(15)20(25)22-19)28-18(24)11-27-16-8-7-13(10-23)9-17(16)26-2/h3-10,12H,11H2,1-2H3,(H,21,22,25)/t12-/m0/s1. The molecule has 144 valence electrons. The summed E-state index contributed by atoms with van der Waals surface area (Å²) in [4.78, 5) is 42.0. The Balaban J connectivity index is 1.67. The van der Waals surface area contributed by atoms with E-state index in [0.29, 0.717) is 34.3 Å². The predicted molar refractivity (Wildman–Crippen MR) is 101 cm³/mol. The Labute approximate surface area is 160 Å². The van der Waals surface area contributed by atoms with Crippen LogP contribution >= 0.6 is 0 Å². The minimum Gasteiger partial charge on any atom is -0.493 e. The average Bonchev–Trinajstić information content (AvgIpc) is 2.72. The van der Waals surface area contributed by atoms with Crippen LogP contribution in [-0.2, 0) is 9.53 Å². The summed E-state index contributed by atoms with van der Waals surface area (Å²) < 4.78 is 15.8. The van der Waals surface area contributed by atoms with Gasteiger partial charge in [-0.15, -0.1) is 0 Å². The molecule has 2 aromatic carbocycles. The smallest absolute Gasteiger partial charge is 0.344 e. The van der Waals surface area contributed by atoms with Crippen LogP contribution in [0.5, 0.6) is 11.5 Å². The van der Waals surface area contributed by atoms with Gasteiger partial charge in [0.1, 0.15) is 6.29 Å². The van der Waals surface area contributed by atoms with Crippen LogP contribution in [0.1, 0.15) is 29.2 Å². The van der Waals surface area contributed by atoms with Crippen molar-refractivity contribution >= 4 is 23.2 Å². The predicted octanol–water partition coefficient (Wildman–Crippen LogP) is 2.43. The van der Waals surface area contributed by atoms with E-state index in [0.717, 1.165) is 0 Å². The van der Waals surface area contributed by atoms with E-state index in [1.165, 1.54) is 19.2 Å². The van der Waals surface area contributed by atoms with Gasteiger partial charge in [-0.2, -0.15) is 0 Å². The second-order valence-electron chi connectivity index (χ2n) is 5.92. The molecule has 8 nitrogen and oxygen atoms in total. The third-order valence-corrected chi connectivity index (χ3v) is 3.99. The van der Waals surface area contributed by atoms with E-state index in [4.69, 9.17) is 14.2 Å². The normalized spacial score (nSPS) is 11.6. The number of para-hydroxylation sites is 1.